The summed E-state index contributed by atoms with van der Waals surface area (Å²) in [6.45, 7) is -0.242. The number of nitrogen functional groups attached to an aromatic ring is 1. The van der Waals surface area contributed by atoms with Crippen molar-refractivity contribution in [2.45, 2.75) is 6.04 Å². The summed E-state index contributed by atoms with van der Waals surface area (Å²) in [6, 6.07) is 3.75. The number of halogens is 1. The largest absolute Gasteiger partial charge is 0.396 e. The molecule has 5 N–H and O–H groups in total. The zero-order valence-corrected chi connectivity index (χ0v) is 6.50. The predicted molar refractivity (Wildman–Crippen MR) is 44.8 cm³/mol. The van der Waals surface area contributed by atoms with E-state index >= 15 is 0 Å². The van der Waals surface area contributed by atoms with Gasteiger partial charge in [-0.05, 0) is 11.6 Å². The van der Waals surface area contributed by atoms with Crippen LogP contribution in [0.4, 0.5) is 10.1 Å². The van der Waals surface area contributed by atoms with E-state index < -0.39 is 11.9 Å². The predicted octanol–water partition coefficient (Wildman–Crippen LogP) is 0.400. The van der Waals surface area contributed by atoms with Crippen molar-refractivity contribution >= 4 is 5.69 Å². The number of para-hydroxylation sites is 1. The molecule has 0 aliphatic heterocycles. The maximum atomic E-state index is 12.8. The first-order valence-corrected chi connectivity index (χ1v) is 3.57. The molecular weight excluding hydrogens is 159 g/mol. The molecule has 1 aromatic rings. The molecule has 0 aliphatic carbocycles. The van der Waals surface area contributed by atoms with Gasteiger partial charge in [-0.1, -0.05) is 12.1 Å². The SMILES string of the molecule is Nc1c(F)cccc1[C@@H](N)CO. The highest BCUT2D eigenvalue weighted by molar-refractivity contribution is 5.49. The van der Waals surface area contributed by atoms with Gasteiger partial charge < -0.3 is 16.6 Å². The van der Waals surface area contributed by atoms with Crippen LogP contribution in [-0.4, -0.2) is 11.7 Å². The lowest BCUT2D eigenvalue weighted by atomic mass is 10.1. The number of anilines is 1. The fourth-order valence-corrected chi connectivity index (χ4v) is 0.975. The van der Waals surface area contributed by atoms with Gasteiger partial charge >= 0.3 is 0 Å². The van der Waals surface area contributed by atoms with E-state index in [1.165, 1.54) is 12.1 Å². The molecule has 1 rings (SSSR count). The Morgan fingerprint density at radius 3 is 2.75 bits per heavy atom. The molecule has 4 heteroatoms. The van der Waals surface area contributed by atoms with E-state index in [2.05, 4.69) is 0 Å². The van der Waals surface area contributed by atoms with Crippen molar-refractivity contribution < 1.29 is 9.50 Å². The summed E-state index contributed by atoms with van der Waals surface area (Å²) in [6.07, 6.45) is 0. The van der Waals surface area contributed by atoms with Gasteiger partial charge in [-0.2, -0.15) is 0 Å². The zero-order chi connectivity index (χ0) is 9.14. The third kappa shape index (κ3) is 1.54. The number of nitrogens with two attached hydrogens (primary N) is 2. The second-order valence-corrected chi connectivity index (χ2v) is 2.53. The van der Waals surface area contributed by atoms with E-state index in [1.807, 2.05) is 0 Å². The Kier molecular flexibility index (Phi) is 2.62. The van der Waals surface area contributed by atoms with E-state index in [-0.39, 0.29) is 12.3 Å². The van der Waals surface area contributed by atoms with Crippen molar-refractivity contribution in [1.82, 2.24) is 0 Å². The molecule has 0 spiro atoms. The van der Waals surface area contributed by atoms with Crippen molar-refractivity contribution in [3.63, 3.8) is 0 Å². The average Bonchev–Trinajstić information content (AvgIpc) is 2.08. The number of hydrogen-bond acceptors (Lipinski definition) is 3. The second kappa shape index (κ2) is 3.51. The lowest BCUT2D eigenvalue weighted by Crippen LogP contribution is -2.16. The van der Waals surface area contributed by atoms with Gasteiger partial charge in [-0.25, -0.2) is 4.39 Å². The van der Waals surface area contributed by atoms with Gasteiger partial charge in [0.1, 0.15) is 5.82 Å². The Morgan fingerprint density at radius 2 is 2.17 bits per heavy atom. The molecule has 0 heterocycles. The molecule has 12 heavy (non-hydrogen) atoms. The lowest BCUT2D eigenvalue weighted by molar-refractivity contribution is 0.268. The number of hydrogen-bond donors (Lipinski definition) is 3. The van der Waals surface area contributed by atoms with Crippen molar-refractivity contribution in [1.29, 1.82) is 0 Å². The van der Waals surface area contributed by atoms with Crippen molar-refractivity contribution in [3.8, 4) is 0 Å². The second-order valence-electron chi connectivity index (χ2n) is 2.53. The van der Waals surface area contributed by atoms with E-state index in [4.69, 9.17) is 16.6 Å². The normalized spacial score (nSPS) is 12.9. The molecule has 1 aromatic carbocycles. The van der Waals surface area contributed by atoms with Crippen molar-refractivity contribution in [2.24, 2.45) is 5.73 Å². The molecule has 0 aromatic heterocycles. The lowest BCUT2D eigenvalue weighted by Gasteiger charge is -2.11. The number of benzene rings is 1. The topological polar surface area (TPSA) is 72.3 Å². The number of rotatable bonds is 2. The molecule has 0 unspecified atom stereocenters. The van der Waals surface area contributed by atoms with Crippen LogP contribution in [0.2, 0.25) is 0 Å². The van der Waals surface area contributed by atoms with E-state index in [9.17, 15) is 4.39 Å². The first-order valence-electron chi connectivity index (χ1n) is 3.57. The number of aliphatic hydroxyl groups is 1. The fourth-order valence-electron chi connectivity index (χ4n) is 0.975. The molecule has 3 nitrogen and oxygen atoms in total. The van der Waals surface area contributed by atoms with Gasteiger partial charge in [-0.15, -0.1) is 0 Å². The Hall–Kier alpha value is -1.13. The summed E-state index contributed by atoms with van der Waals surface area (Å²) in [5.74, 6) is -0.503. The quantitative estimate of drug-likeness (QED) is 0.562. The Balaban J connectivity index is 3.07. The van der Waals surface area contributed by atoms with Crippen LogP contribution in [0.3, 0.4) is 0 Å². The third-order valence-corrected chi connectivity index (χ3v) is 1.68. The molecule has 0 aliphatic rings. The van der Waals surface area contributed by atoms with Crippen LogP contribution < -0.4 is 11.5 Å². The molecule has 0 fully saturated rings. The van der Waals surface area contributed by atoms with Crippen LogP contribution >= 0.6 is 0 Å². The highest BCUT2D eigenvalue weighted by Gasteiger charge is 2.10. The van der Waals surface area contributed by atoms with Gasteiger partial charge in [0.2, 0.25) is 0 Å². The van der Waals surface area contributed by atoms with E-state index in [0.29, 0.717) is 5.56 Å². The number of aliphatic hydroxyl groups excluding tert-OH is 1. The highest BCUT2D eigenvalue weighted by atomic mass is 19.1. The summed E-state index contributed by atoms with van der Waals surface area (Å²) in [4.78, 5) is 0. The molecule has 0 saturated heterocycles. The average molecular weight is 170 g/mol. The van der Waals surface area contributed by atoms with Crippen LogP contribution in [0.25, 0.3) is 0 Å². The minimum absolute atomic E-state index is 0.0130. The third-order valence-electron chi connectivity index (χ3n) is 1.68. The Labute approximate surface area is 69.8 Å². The maximum absolute atomic E-state index is 12.8. The highest BCUT2D eigenvalue weighted by Crippen LogP contribution is 2.20. The van der Waals surface area contributed by atoms with Crippen LogP contribution in [-0.2, 0) is 0 Å². The smallest absolute Gasteiger partial charge is 0.146 e. The van der Waals surface area contributed by atoms with Gasteiger partial charge in [0.05, 0.1) is 18.3 Å². The van der Waals surface area contributed by atoms with Crippen LogP contribution in [0.15, 0.2) is 18.2 Å². The molecule has 1 atom stereocenters. The summed E-state index contributed by atoms with van der Waals surface area (Å²) in [7, 11) is 0. The molecule has 0 bridgehead atoms. The van der Waals surface area contributed by atoms with Gasteiger partial charge in [0.15, 0.2) is 0 Å². The Bertz CT molecular complexity index is 278. The van der Waals surface area contributed by atoms with Gasteiger partial charge in [0.25, 0.3) is 0 Å². The van der Waals surface area contributed by atoms with Crippen LogP contribution in [0.1, 0.15) is 11.6 Å². The van der Waals surface area contributed by atoms with Gasteiger partial charge in [0, 0.05) is 0 Å². The summed E-state index contributed by atoms with van der Waals surface area (Å²) in [5, 5.41) is 8.70. The summed E-state index contributed by atoms with van der Waals surface area (Å²) < 4.78 is 12.8. The molecule has 0 saturated carbocycles. The molecule has 66 valence electrons. The summed E-state index contributed by atoms with van der Waals surface area (Å²) >= 11 is 0. The van der Waals surface area contributed by atoms with Crippen molar-refractivity contribution in [3.05, 3.63) is 29.6 Å². The van der Waals surface area contributed by atoms with Crippen LogP contribution in [0.5, 0.6) is 0 Å². The Morgan fingerprint density at radius 1 is 1.50 bits per heavy atom. The minimum Gasteiger partial charge on any atom is -0.396 e. The monoisotopic (exact) mass is 170 g/mol. The fraction of sp³-hybridized carbons (Fsp3) is 0.250. The van der Waals surface area contributed by atoms with Crippen LogP contribution in [0, 0.1) is 5.82 Å². The van der Waals surface area contributed by atoms with E-state index in [0.717, 1.165) is 0 Å². The first kappa shape index (κ1) is 8.96. The zero-order valence-electron chi connectivity index (χ0n) is 6.50. The molecule has 0 radical (unpaired) electrons. The van der Waals surface area contributed by atoms with E-state index in [1.54, 1.807) is 6.07 Å². The maximum Gasteiger partial charge on any atom is 0.146 e. The molecule has 0 amide bonds. The first-order chi connectivity index (χ1) is 5.66. The van der Waals surface area contributed by atoms with Gasteiger partial charge in [-0.3, -0.25) is 0 Å². The standard InChI is InChI=1S/C8H11FN2O/c9-6-3-1-2-5(8(6)11)7(10)4-12/h1-3,7,12H,4,10-11H2/t7-/m0/s1. The minimum atomic E-state index is -0.610. The molecular formula is C8H11FN2O. The van der Waals surface area contributed by atoms with Crippen molar-refractivity contribution in [2.75, 3.05) is 12.3 Å². The summed E-state index contributed by atoms with van der Waals surface area (Å²) in [5.41, 5.74) is 11.3.